The van der Waals surface area contributed by atoms with Crippen LogP contribution in [0.2, 0.25) is 0 Å². The van der Waals surface area contributed by atoms with Crippen LogP contribution in [0.4, 0.5) is 5.69 Å². The summed E-state index contributed by atoms with van der Waals surface area (Å²) < 4.78 is 21.5. The predicted octanol–water partition coefficient (Wildman–Crippen LogP) is 28.2. The molecule has 0 spiro atoms. The van der Waals surface area contributed by atoms with Gasteiger partial charge in [0.2, 0.25) is 0 Å². The molecule has 0 amide bonds. The van der Waals surface area contributed by atoms with E-state index in [1.165, 1.54) is 38.7 Å². The van der Waals surface area contributed by atoms with E-state index in [4.69, 9.17) is 13.3 Å². The van der Waals surface area contributed by atoms with E-state index in [9.17, 15) is 9.59 Å². The second-order valence-corrected chi connectivity index (χ2v) is 31.7. The molecule has 7 aromatic heterocycles. The van der Waals surface area contributed by atoms with Crippen molar-refractivity contribution < 1.29 is 17.9 Å². The average Bonchev–Trinajstić information content (AvgIpc) is 1.71. The summed E-state index contributed by atoms with van der Waals surface area (Å²) in [5.74, 6) is 6.26. The number of nitrogens with zero attached hydrogens (tertiary/aromatic N) is 3. The third kappa shape index (κ3) is 48.5. The van der Waals surface area contributed by atoms with Crippen LogP contribution in [-0.4, -0.2) is 36.8 Å². The summed E-state index contributed by atoms with van der Waals surface area (Å²) in [6.07, 6.45) is 6.54. The lowest BCUT2D eigenvalue weighted by molar-refractivity contribution is 0.315. The number of rotatable bonds is 0. The number of H-pyrrole nitrogens is 3. The van der Waals surface area contributed by atoms with E-state index >= 15 is 0 Å². The van der Waals surface area contributed by atoms with Crippen LogP contribution in [0.25, 0.3) is 75.4 Å². The fourth-order valence-corrected chi connectivity index (χ4v) is 8.83. The fraction of sp³-hybridized carbons (Fsp3) is 0.374. The fourth-order valence-electron chi connectivity index (χ4n) is 7.37. The van der Waals surface area contributed by atoms with E-state index in [0.717, 1.165) is 108 Å². The molecule has 0 fully saturated rings. The number of fused-ring (bicyclic) bond motifs is 8. The van der Waals surface area contributed by atoms with Crippen LogP contribution in [0.15, 0.2) is 264 Å². The summed E-state index contributed by atoms with van der Waals surface area (Å²) in [7, 11) is 0. The second kappa shape index (κ2) is 56.8. The minimum atomic E-state index is -0.402. The molecule has 4 N–H and O–H groups in total. The zero-order valence-corrected chi connectivity index (χ0v) is 69.8. The van der Waals surface area contributed by atoms with E-state index in [1.54, 1.807) is 42.1 Å². The van der Waals surface area contributed by atoms with Crippen molar-refractivity contribution >= 4 is 104 Å². The molecule has 16 rings (SSSR count). The Balaban J connectivity index is 0.000000574. The summed E-state index contributed by atoms with van der Waals surface area (Å²) in [5, 5.41) is 16.5. The highest BCUT2D eigenvalue weighted by atomic mass is 32.1. The Morgan fingerprint density at radius 3 is 1.31 bits per heavy atom. The van der Waals surface area contributed by atoms with E-state index < -0.39 is 5.76 Å². The molecule has 0 atom stereocenters. The lowest BCUT2D eigenvalue weighted by Crippen LogP contribution is -1.92. The highest BCUT2D eigenvalue weighted by Crippen LogP contribution is 2.21. The maximum Gasteiger partial charge on any atom is 0.417 e. The highest BCUT2D eigenvalue weighted by molar-refractivity contribution is 7.17. The van der Waals surface area contributed by atoms with Gasteiger partial charge in [0.05, 0.1) is 33.8 Å². The molecular formula is C91H127N7O6S2. The van der Waals surface area contributed by atoms with Crippen molar-refractivity contribution in [2.24, 2.45) is 47.3 Å². The van der Waals surface area contributed by atoms with Crippen LogP contribution < -0.4 is 16.0 Å². The lowest BCUT2D eigenvalue weighted by Gasteiger charge is -1.94. The van der Waals surface area contributed by atoms with E-state index in [-0.39, 0.29) is 4.94 Å². The predicted molar refractivity (Wildman–Crippen MR) is 464 cm³/mol. The summed E-state index contributed by atoms with van der Waals surface area (Å²) >= 11 is 2.92. The molecule has 1 aliphatic heterocycles. The first-order chi connectivity index (χ1) is 50.4. The number of para-hydroxylation sites is 8. The maximum atomic E-state index is 10.6. The van der Waals surface area contributed by atoms with Gasteiger partial charge in [-0.2, -0.15) is 0 Å². The normalized spacial score (nSPS) is 10.3. The summed E-state index contributed by atoms with van der Waals surface area (Å²) in [5.41, 5.74) is 10.7. The molecule has 574 valence electrons. The number of aromatic amines is 3. The summed E-state index contributed by atoms with van der Waals surface area (Å²) in [6, 6.07) is 69.2. The van der Waals surface area contributed by atoms with E-state index in [2.05, 4.69) is 285 Å². The zero-order chi connectivity index (χ0) is 79.2. The Kier molecular flexibility index (Phi) is 50.6. The average molecular weight is 1480 g/mol. The first kappa shape index (κ1) is 94.4. The van der Waals surface area contributed by atoms with Crippen LogP contribution in [0.5, 0.6) is 0 Å². The van der Waals surface area contributed by atoms with Crippen molar-refractivity contribution in [3.05, 3.63) is 262 Å². The minimum absolute atomic E-state index is 0.235. The molecular weight excluding hydrogens is 1350 g/mol. The van der Waals surface area contributed by atoms with Crippen LogP contribution in [0.3, 0.4) is 0 Å². The number of benzene rings is 8. The van der Waals surface area contributed by atoms with Crippen LogP contribution >= 0.6 is 22.7 Å². The SMILES string of the molecule is CC(C)C.CC(C)C.CC(C)C.CC(C)C.CC(C)C.CC(C)C.CC(C)C.CC(C)C.O=c1[nH]c2ccccc2o1.O=c1oc2ccccc2s1.c1ccc2[nH]ccc2c1.c1ccc2[nH]cnc2c1.c1ccc2c(c1)CCN2.c1ccc2nonc2c1.c1ccc2occc2c1.c1ccc2sccc2c1. The Bertz CT molecular complexity index is 3840. The number of furan rings is 1. The number of imidazole rings is 1. The van der Waals surface area contributed by atoms with Crippen molar-refractivity contribution in [2.45, 2.75) is 173 Å². The Morgan fingerprint density at radius 1 is 0.377 bits per heavy atom. The van der Waals surface area contributed by atoms with Gasteiger partial charge in [-0.1, -0.05) is 299 Å². The van der Waals surface area contributed by atoms with Crippen molar-refractivity contribution in [1.82, 2.24) is 30.2 Å². The molecule has 106 heavy (non-hydrogen) atoms. The van der Waals surface area contributed by atoms with Gasteiger partial charge in [-0.05, 0) is 177 Å². The third-order valence-corrected chi connectivity index (χ3v) is 12.7. The van der Waals surface area contributed by atoms with Crippen LogP contribution in [0, 0.1) is 47.3 Å². The lowest BCUT2D eigenvalue weighted by atomic mass is 10.2. The number of anilines is 1. The summed E-state index contributed by atoms with van der Waals surface area (Å²) in [4.78, 5) is 33.7. The maximum absolute atomic E-state index is 10.6. The topological polar surface area (TPSA) is 185 Å². The highest BCUT2D eigenvalue weighted by Gasteiger charge is 2.06. The molecule has 15 aromatic rings. The molecule has 1 aliphatic rings. The molecule has 8 aromatic carbocycles. The number of aromatic nitrogens is 6. The van der Waals surface area contributed by atoms with Gasteiger partial charge in [-0.15, -0.1) is 11.3 Å². The largest absolute Gasteiger partial charge is 0.464 e. The van der Waals surface area contributed by atoms with Gasteiger partial charge in [0.15, 0.2) is 5.58 Å². The van der Waals surface area contributed by atoms with Gasteiger partial charge in [-0.25, -0.2) is 19.2 Å². The zero-order valence-electron chi connectivity index (χ0n) is 68.2. The standard InChI is InChI=1S/C8H9N.C8H7N.C8H6O.C8H6S.C7H6N2.C7H5NO2.C7H4O2S.C6H4N2O.8C4H10/c4*1-2-4-8-7(3-1)5-6-9-8;1-2-4-7-6(3-1)8-5-9-7;9-7-8-5-3-1-2-4-6(5)10-7;8-7-9-5-3-1-2-4-6(5)10-7;1-2-4-6-5(3-1)7-9-8-6;8*1-4(2)3/h1-4,9H,5-6H2;1-6,9H;2*1-6H;1-5H,(H,8,9);1-4H,(H,8,9);1-4H;1-4H;8*4H,1-3H3. The molecule has 15 heteroatoms. The van der Waals surface area contributed by atoms with Gasteiger partial charge >= 0.3 is 10.7 Å². The molecule has 0 bridgehead atoms. The molecule has 13 nitrogen and oxygen atoms in total. The van der Waals surface area contributed by atoms with E-state index in [0.29, 0.717) is 11.2 Å². The van der Waals surface area contributed by atoms with Crippen LogP contribution in [-0.2, 0) is 6.42 Å². The van der Waals surface area contributed by atoms with Gasteiger partial charge in [0.1, 0.15) is 22.2 Å². The first-order valence-corrected chi connectivity index (χ1v) is 38.9. The number of nitrogens with one attached hydrogen (secondary N) is 4. The van der Waals surface area contributed by atoms with Crippen LogP contribution in [0.1, 0.15) is 172 Å². The molecule has 0 aliphatic carbocycles. The first-order valence-electron chi connectivity index (χ1n) is 37.2. The Morgan fingerprint density at radius 2 is 0.811 bits per heavy atom. The molecule has 0 unspecified atom stereocenters. The minimum Gasteiger partial charge on any atom is -0.464 e. The van der Waals surface area contributed by atoms with Crippen molar-refractivity contribution in [3.63, 3.8) is 0 Å². The molecule has 0 saturated carbocycles. The monoisotopic (exact) mass is 1480 g/mol. The molecule has 0 saturated heterocycles. The Labute approximate surface area is 642 Å². The second-order valence-electron chi connectivity index (χ2n) is 29.8. The third-order valence-electron chi connectivity index (χ3n) is 11.0. The number of hydrogen-bond donors (Lipinski definition) is 4. The smallest absolute Gasteiger partial charge is 0.417 e. The van der Waals surface area contributed by atoms with Gasteiger partial charge in [-0.3, -0.25) is 4.98 Å². The van der Waals surface area contributed by atoms with E-state index in [1.807, 2.05) is 128 Å². The van der Waals surface area contributed by atoms with Gasteiger partial charge in [0.25, 0.3) is 0 Å². The number of oxazole rings is 1. The van der Waals surface area contributed by atoms with Gasteiger partial charge < -0.3 is 28.5 Å². The van der Waals surface area contributed by atoms with Gasteiger partial charge in [0, 0.05) is 34.0 Å². The van der Waals surface area contributed by atoms with Crippen molar-refractivity contribution in [1.29, 1.82) is 0 Å². The molecule has 0 radical (unpaired) electrons. The molecule has 8 heterocycles. The quantitative estimate of drug-likeness (QED) is 0.114. The van der Waals surface area contributed by atoms with Crippen molar-refractivity contribution in [2.75, 3.05) is 11.9 Å². The number of thiophene rings is 1. The number of hydrogen-bond acceptors (Lipinski definition) is 12. The Hall–Kier alpha value is -9.57. The summed E-state index contributed by atoms with van der Waals surface area (Å²) in [6.45, 7) is 53.1. The van der Waals surface area contributed by atoms with Crippen molar-refractivity contribution in [3.8, 4) is 0 Å².